The third-order valence-corrected chi connectivity index (χ3v) is 13.6. The summed E-state index contributed by atoms with van der Waals surface area (Å²) in [4.78, 5) is 0. The zero-order valence-electron chi connectivity index (χ0n) is 18.2. The molecule has 0 unspecified atom stereocenters. The van der Waals surface area contributed by atoms with Gasteiger partial charge in [0.2, 0.25) is 0 Å². The summed E-state index contributed by atoms with van der Waals surface area (Å²) in [5.74, 6) is 0. The van der Waals surface area contributed by atoms with Crippen molar-refractivity contribution in [3.63, 3.8) is 0 Å². The van der Waals surface area contributed by atoms with Crippen LogP contribution in [0.2, 0.25) is 0 Å². The topological polar surface area (TPSA) is 0 Å². The first kappa shape index (κ1) is 22.6. The van der Waals surface area contributed by atoms with Crippen LogP contribution in [-0.4, -0.2) is 24.6 Å². The first-order valence-electron chi connectivity index (χ1n) is 10.8. The molecular weight excluding hydrogens is 405 g/mol. The molecule has 0 aromatic heterocycles. The molecule has 3 rings (SSSR count). The number of hydrogen-bond acceptors (Lipinski definition) is 0. The molecule has 0 nitrogen and oxygen atoms in total. The van der Waals surface area contributed by atoms with E-state index in [0.717, 1.165) is 0 Å². The Morgan fingerprint density at radius 3 is 1.17 bits per heavy atom. The lowest BCUT2D eigenvalue weighted by Crippen LogP contribution is -2.35. The summed E-state index contributed by atoms with van der Waals surface area (Å²) in [5.41, 5.74) is 0. The highest BCUT2D eigenvalue weighted by Gasteiger charge is 2.25. The molecule has 3 aromatic carbocycles. The molecule has 0 N–H and O–H groups in total. The van der Waals surface area contributed by atoms with Gasteiger partial charge in [-0.15, -0.1) is 0 Å². The average Bonchev–Trinajstić information content (AvgIpc) is 2.78. The lowest BCUT2D eigenvalue weighted by atomic mass is 10.3. The molecule has 0 heterocycles. The first-order chi connectivity index (χ1) is 14.2. The van der Waals surface area contributed by atoms with Crippen LogP contribution in [0.4, 0.5) is 0 Å². The van der Waals surface area contributed by atoms with E-state index in [1.165, 1.54) is 30.0 Å². The van der Waals surface area contributed by atoms with Gasteiger partial charge >= 0.3 is 0 Å². The van der Waals surface area contributed by atoms with Gasteiger partial charge in [0.25, 0.3) is 0 Å². The second kappa shape index (κ2) is 11.4. The molecule has 0 spiro atoms. The molecule has 29 heavy (non-hydrogen) atoms. The van der Waals surface area contributed by atoms with Crippen molar-refractivity contribution in [2.24, 2.45) is 0 Å². The molecule has 0 fully saturated rings. The summed E-state index contributed by atoms with van der Waals surface area (Å²) in [5, 5.41) is 7.88. The van der Waals surface area contributed by atoms with Crippen LogP contribution >= 0.6 is 23.8 Å². The van der Waals surface area contributed by atoms with Crippen molar-refractivity contribution >= 4 is 50.3 Å². The van der Waals surface area contributed by atoms with Crippen LogP contribution < -0.4 is 26.5 Å². The number of rotatable bonds is 9. The molecule has 0 saturated heterocycles. The second-order valence-corrected chi connectivity index (χ2v) is 14.8. The third kappa shape index (κ3) is 5.17. The zero-order valence-corrected chi connectivity index (χ0v) is 20.9. The van der Waals surface area contributed by atoms with Crippen LogP contribution in [0.3, 0.4) is 0 Å². The average molecular weight is 438 g/mol. The summed E-state index contributed by atoms with van der Waals surface area (Å²) in [6.07, 6.45) is 5.05. The molecule has 0 aliphatic carbocycles. The van der Waals surface area contributed by atoms with E-state index in [1.807, 2.05) is 0 Å². The number of benzene rings is 3. The number of hydrogen-bond donors (Lipinski definition) is 0. The standard InChI is InChI=1S/C26H33P3/c1-5-27(6-2)23-18-12-14-20-25(23)29(22-16-10-9-11-17-22)26-21-15-13-19-24(26)28(7-3)8-4/h9-21H,5-8H2,1-4H3. The summed E-state index contributed by atoms with van der Waals surface area (Å²) in [6, 6.07) is 29.9. The minimum absolute atomic E-state index is 0.0960. The van der Waals surface area contributed by atoms with Crippen molar-refractivity contribution in [3.8, 4) is 0 Å². The van der Waals surface area contributed by atoms with Crippen LogP contribution in [0.25, 0.3) is 0 Å². The van der Waals surface area contributed by atoms with Gasteiger partial charge in [-0.2, -0.15) is 0 Å². The van der Waals surface area contributed by atoms with E-state index in [1.54, 1.807) is 21.2 Å². The fourth-order valence-corrected chi connectivity index (χ4v) is 11.4. The highest BCUT2D eigenvalue weighted by atomic mass is 31.1. The van der Waals surface area contributed by atoms with Crippen molar-refractivity contribution in [1.82, 2.24) is 0 Å². The van der Waals surface area contributed by atoms with Gasteiger partial charge in [0, 0.05) is 0 Å². The third-order valence-electron chi connectivity index (χ3n) is 5.47. The quantitative estimate of drug-likeness (QED) is 0.374. The Labute approximate surface area is 181 Å². The molecule has 0 radical (unpaired) electrons. The van der Waals surface area contributed by atoms with Crippen molar-refractivity contribution in [1.29, 1.82) is 0 Å². The minimum Gasteiger partial charge on any atom is -0.0751 e. The fourth-order valence-electron chi connectivity index (χ4n) is 3.95. The van der Waals surface area contributed by atoms with Crippen LogP contribution in [0.5, 0.6) is 0 Å². The van der Waals surface area contributed by atoms with Crippen LogP contribution in [0.15, 0.2) is 78.9 Å². The van der Waals surface area contributed by atoms with E-state index in [0.29, 0.717) is 0 Å². The molecular formula is C26H33P3. The van der Waals surface area contributed by atoms with Crippen molar-refractivity contribution < 1.29 is 0 Å². The maximum Gasteiger partial charge on any atom is -0.00740 e. The van der Waals surface area contributed by atoms with E-state index in [4.69, 9.17) is 0 Å². The second-order valence-electron chi connectivity index (χ2n) is 6.99. The monoisotopic (exact) mass is 438 g/mol. The highest BCUT2D eigenvalue weighted by Crippen LogP contribution is 2.41. The Kier molecular flexibility index (Phi) is 8.87. The molecule has 3 aromatic rings. The summed E-state index contributed by atoms with van der Waals surface area (Å²) in [7, 11) is -0.735. The zero-order chi connectivity index (χ0) is 20.6. The van der Waals surface area contributed by atoms with Gasteiger partial charge in [-0.05, 0) is 59.1 Å². The maximum absolute atomic E-state index is 2.42. The van der Waals surface area contributed by atoms with Gasteiger partial charge in [-0.25, -0.2) is 0 Å². The Bertz CT molecular complexity index is 828. The van der Waals surface area contributed by atoms with Crippen LogP contribution in [0, 0.1) is 0 Å². The lowest BCUT2D eigenvalue weighted by molar-refractivity contribution is 1.42. The Morgan fingerprint density at radius 1 is 0.448 bits per heavy atom. The summed E-state index contributed by atoms with van der Waals surface area (Å²) in [6.45, 7) is 9.44. The maximum atomic E-state index is 2.42. The predicted molar refractivity (Wildman–Crippen MR) is 140 cm³/mol. The smallest absolute Gasteiger partial charge is 0.00740 e. The van der Waals surface area contributed by atoms with Crippen LogP contribution in [0.1, 0.15) is 27.7 Å². The Balaban J connectivity index is 2.26. The summed E-state index contributed by atoms with van der Waals surface area (Å²) < 4.78 is 0. The SMILES string of the molecule is CCP(CC)c1ccccc1P(c1ccccc1)c1ccccc1P(CC)CC. The summed E-state index contributed by atoms with van der Waals surface area (Å²) >= 11 is 0. The van der Waals surface area contributed by atoms with Gasteiger partial charge in [-0.3, -0.25) is 0 Å². The van der Waals surface area contributed by atoms with E-state index in [2.05, 4.69) is 107 Å². The molecule has 0 aliphatic rings. The first-order valence-corrected chi connectivity index (χ1v) is 15.5. The van der Waals surface area contributed by atoms with Crippen molar-refractivity contribution in [2.45, 2.75) is 27.7 Å². The van der Waals surface area contributed by atoms with Gasteiger partial charge in [-0.1, -0.05) is 122 Å². The molecule has 0 bridgehead atoms. The van der Waals surface area contributed by atoms with Crippen molar-refractivity contribution in [3.05, 3.63) is 78.9 Å². The molecule has 0 saturated carbocycles. The normalized spacial score (nSPS) is 11.6. The van der Waals surface area contributed by atoms with E-state index >= 15 is 0 Å². The predicted octanol–water partition coefficient (Wildman–Crippen LogP) is 5.74. The van der Waals surface area contributed by atoms with Crippen molar-refractivity contribution in [2.75, 3.05) is 24.6 Å². The molecule has 152 valence electrons. The molecule has 3 heteroatoms. The van der Waals surface area contributed by atoms with E-state index < -0.39 is 7.92 Å². The molecule has 0 amide bonds. The van der Waals surface area contributed by atoms with E-state index in [9.17, 15) is 0 Å². The Morgan fingerprint density at radius 2 is 0.793 bits per heavy atom. The van der Waals surface area contributed by atoms with Gasteiger partial charge in [0.15, 0.2) is 0 Å². The van der Waals surface area contributed by atoms with E-state index in [-0.39, 0.29) is 15.8 Å². The van der Waals surface area contributed by atoms with Crippen LogP contribution in [-0.2, 0) is 0 Å². The van der Waals surface area contributed by atoms with Gasteiger partial charge in [0.1, 0.15) is 0 Å². The largest absolute Gasteiger partial charge is 0.0751 e. The fraction of sp³-hybridized carbons (Fsp3) is 0.308. The minimum atomic E-state index is -0.543. The highest BCUT2D eigenvalue weighted by molar-refractivity contribution is 7.83. The Hall–Kier alpha value is -1.05. The molecule has 0 atom stereocenters. The van der Waals surface area contributed by atoms with Gasteiger partial charge < -0.3 is 0 Å². The molecule has 0 aliphatic heterocycles. The lowest BCUT2D eigenvalue weighted by Gasteiger charge is -2.29. The van der Waals surface area contributed by atoms with Gasteiger partial charge in [0.05, 0.1) is 0 Å².